The predicted molar refractivity (Wildman–Crippen MR) is 119 cm³/mol. The summed E-state index contributed by atoms with van der Waals surface area (Å²) in [5.74, 6) is 0.258. The number of rotatable bonds is 6. The van der Waals surface area contributed by atoms with Gasteiger partial charge in [0.25, 0.3) is 5.56 Å². The molecule has 0 atom stereocenters. The summed E-state index contributed by atoms with van der Waals surface area (Å²) >= 11 is 1.39. The highest BCUT2D eigenvalue weighted by atomic mass is 32.1. The van der Waals surface area contributed by atoms with Gasteiger partial charge in [-0.05, 0) is 36.3 Å². The first kappa shape index (κ1) is 19.6. The second-order valence-corrected chi connectivity index (χ2v) is 7.54. The van der Waals surface area contributed by atoms with Crippen molar-refractivity contribution in [2.45, 2.75) is 13.5 Å². The fourth-order valence-electron chi connectivity index (χ4n) is 2.88. The molecule has 0 radical (unpaired) electrons. The maximum absolute atomic E-state index is 12.4. The number of hydrogen-bond donors (Lipinski definition) is 1. The second-order valence-electron chi connectivity index (χ2n) is 6.66. The molecule has 0 bridgehead atoms. The molecule has 4 rings (SSSR count). The number of aryl methyl sites for hydroxylation is 1. The summed E-state index contributed by atoms with van der Waals surface area (Å²) in [6.45, 7) is 2.06. The number of nitrogens with one attached hydrogen (secondary N) is 1. The number of benzene rings is 2. The number of carbonyl (C=O) groups is 1. The van der Waals surface area contributed by atoms with E-state index < -0.39 is 0 Å². The molecule has 4 aromatic rings. The second kappa shape index (κ2) is 8.75. The van der Waals surface area contributed by atoms with Crippen molar-refractivity contribution in [1.29, 1.82) is 0 Å². The minimum Gasteiger partial charge on any atom is -0.485 e. The van der Waals surface area contributed by atoms with Crippen molar-refractivity contribution in [3.05, 3.63) is 99.4 Å². The molecule has 7 heteroatoms. The third kappa shape index (κ3) is 4.64. The number of anilines is 1. The lowest BCUT2D eigenvalue weighted by atomic mass is 10.2. The van der Waals surface area contributed by atoms with E-state index in [1.807, 2.05) is 54.8 Å². The fourth-order valence-corrected chi connectivity index (χ4v) is 3.61. The van der Waals surface area contributed by atoms with Crippen LogP contribution in [0.15, 0.2) is 77.0 Å². The lowest BCUT2D eigenvalue weighted by Gasteiger charge is -2.12. The van der Waals surface area contributed by atoms with Gasteiger partial charge in [-0.25, -0.2) is 4.98 Å². The molecule has 0 aliphatic heterocycles. The van der Waals surface area contributed by atoms with Gasteiger partial charge in [0.05, 0.1) is 11.4 Å². The first-order valence-corrected chi connectivity index (χ1v) is 10.2. The average molecular weight is 417 g/mol. The average Bonchev–Trinajstić information content (AvgIpc) is 3.22. The Labute approximate surface area is 177 Å². The van der Waals surface area contributed by atoms with Crippen molar-refractivity contribution in [1.82, 2.24) is 9.38 Å². The molecule has 1 amide bonds. The van der Waals surface area contributed by atoms with Gasteiger partial charge in [-0.2, -0.15) is 0 Å². The van der Waals surface area contributed by atoms with Crippen LogP contribution in [0.25, 0.3) is 11.0 Å². The molecule has 0 aliphatic carbocycles. The normalized spacial score (nSPS) is 11.1. The van der Waals surface area contributed by atoms with Gasteiger partial charge in [0.2, 0.25) is 5.91 Å². The zero-order valence-corrected chi connectivity index (χ0v) is 17.1. The Bertz CT molecular complexity index is 1280. The molecule has 0 spiro atoms. The van der Waals surface area contributed by atoms with Crippen LogP contribution in [0.3, 0.4) is 0 Å². The van der Waals surface area contributed by atoms with Crippen LogP contribution in [-0.4, -0.2) is 15.3 Å². The summed E-state index contributed by atoms with van der Waals surface area (Å²) in [6, 6.07) is 16.6. The third-order valence-corrected chi connectivity index (χ3v) is 5.11. The Balaban J connectivity index is 1.49. The molecule has 2 aromatic heterocycles. The fraction of sp³-hybridized carbons (Fsp3) is 0.0870. The number of thiazole rings is 1. The minimum absolute atomic E-state index is 0.121. The van der Waals surface area contributed by atoms with E-state index in [-0.39, 0.29) is 18.1 Å². The summed E-state index contributed by atoms with van der Waals surface area (Å²) in [6.07, 6.45) is 4.92. The van der Waals surface area contributed by atoms with Gasteiger partial charge >= 0.3 is 0 Å². The number of ether oxygens (including phenoxy) is 1. The van der Waals surface area contributed by atoms with Gasteiger partial charge in [0, 0.05) is 23.7 Å². The summed E-state index contributed by atoms with van der Waals surface area (Å²) in [7, 11) is 0. The molecule has 0 unspecified atom stereocenters. The molecular formula is C23H19N3O3S. The lowest BCUT2D eigenvalue weighted by molar-refractivity contribution is -0.111. The first-order chi connectivity index (χ1) is 14.6. The van der Waals surface area contributed by atoms with Crippen LogP contribution in [-0.2, 0) is 11.4 Å². The van der Waals surface area contributed by atoms with Crippen molar-refractivity contribution in [3.63, 3.8) is 0 Å². The van der Waals surface area contributed by atoms with Crippen molar-refractivity contribution in [2.75, 3.05) is 5.32 Å². The van der Waals surface area contributed by atoms with Crippen LogP contribution in [0.2, 0.25) is 0 Å². The first-order valence-electron chi connectivity index (χ1n) is 9.32. The summed E-state index contributed by atoms with van der Waals surface area (Å²) in [5.41, 5.74) is 2.87. The zero-order valence-electron chi connectivity index (χ0n) is 16.2. The topological polar surface area (TPSA) is 72.7 Å². The standard InChI is InChI=1S/C23H19N3O3S/c1-16-7-9-19(25-21(27)10-8-17-5-3-2-4-6-17)20(13-16)29-15-18-14-22(28)26-11-12-30-23(26)24-18/h2-14H,15H2,1H3,(H,25,27). The van der Waals surface area contributed by atoms with E-state index in [0.717, 1.165) is 11.1 Å². The number of amides is 1. The Morgan fingerprint density at radius 2 is 2.03 bits per heavy atom. The summed E-state index contributed by atoms with van der Waals surface area (Å²) < 4.78 is 7.39. The van der Waals surface area contributed by atoms with E-state index in [2.05, 4.69) is 10.3 Å². The Morgan fingerprint density at radius 1 is 1.20 bits per heavy atom. The molecule has 0 saturated carbocycles. The highest BCUT2D eigenvalue weighted by molar-refractivity contribution is 7.15. The van der Waals surface area contributed by atoms with E-state index >= 15 is 0 Å². The van der Waals surface area contributed by atoms with Crippen molar-refractivity contribution in [2.24, 2.45) is 0 Å². The maximum atomic E-state index is 12.4. The van der Waals surface area contributed by atoms with Gasteiger partial charge in [0.15, 0.2) is 4.96 Å². The molecule has 0 saturated heterocycles. The van der Waals surface area contributed by atoms with Crippen molar-refractivity contribution in [3.8, 4) is 5.75 Å². The van der Waals surface area contributed by atoms with Gasteiger partial charge in [-0.3, -0.25) is 14.0 Å². The molecule has 6 nitrogen and oxygen atoms in total. The van der Waals surface area contributed by atoms with Crippen LogP contribution < -0.4 is 15.6 Å². The van der Waals surface area contributed by atoms with E-state index in [0.29, 0.717) is 22.1 Å². The van der Waals surface area contributed by atoms with Crippen LogP contribution in [0.1, 0.15) is 16.8 Å². The molecule has 0 fully saturated rings. The zero-order chi connectivity index (χ0) is 20.9. The molecule has 2 heterocycles. The van der Waals surface area contributed by atoms with Gasteiger partial charge in [-0.1, -0.05) is 36.4 Å². The smallest absolute Gasteiger partial charge is 0.258 e. The highest BCUT2D eigenvalue weighted by Gasteiger charge is 2.09. The number of carbonyl (C=O) groups excluding carboxylic acids is 1. The van der Waals surface area contributed by atoms with E-state index in [1.54, 1.807) is 18.3 Å². The maximum Gasteiger partial charge on any atom is 0.258 e. The SMILES string of the molecule is Cc1ccc(NC(=O)C=Cc2ccccc2)c(OCc2cc(=O)n3ccsc3n2)c1. The largest absolute Gasteiger partial charge is 0.485 e. The number of fused-ring (bicyclic) bond motifs is 1. The number of aromatic nitrogens is 2. The van der Waals surface area contributed by atoms with Crippen LogP contribution >= 0.6 is 11.3 Å². The van der Waals surface area contributed by atoms with E-state index in [9.17, 15) is 9.59 Å². The van der Waals surface area contributed by atoms with Gasteiger partial charge in [0.1, 0.15) is 12.4 Å². The third-order valence-electron chi connectivity index (χ3n) is 4.35. The molecule has 2 aromatic carbocycles. The predicted octanol–water partition coefficient (Wildman–Crippen LogP) is 4.30. The molecule has 150 valence electrons. The number of hydrogen-bond acceptors (Lipinski definition) is 5. The highest BCUT2D eigenvalue weighted by Crippen LogP contribution is 2.26. The van der Waals surface area contributed by atoms with Gasteiger partial charge < -0.3 is 10.1 Å². The van der Waals surface area contributed by atoms with Crippen LogP contribution in [0.4, 0.5) is 5.69 Å². The van der Waals surface area contributed by atoms with Crippen LogP contribution in [0.5, 0.6) is 5.75 Å². The molecule has 1 N–H and O–H groups in total. The Hall–Kier alpha value is -3.71. The quantitative estimate of drug-likeness (QED) is 0.475. The monoisotopic (exact) mass is 417 g/mol. The van der Waals surface area contributed by atoms with E-state index in [4.69, 9.17) is 4.74 Å². The van der Waals surface area contributed by atoms with Crippen molar-refractivity contribution < 1.29 is 9.53 Å². The molecular weight excluding hydrogens is 398 g/mol. The van der Waals surface area contributed by atoms with Crippen molar-refractivity contribution >= 4 is 34.0 Å². The molecule has 0 aliphatic rings. The lowest BCUT2D eigenvalue weighted by Crippen LogP contribution is -2.14. The Morgan fingerprint density at radius 3 is 2.87 bits per heavy atom. The van der Waals surface area contributed by atoms with Gasteiger partial charge in [-0.15, -0.1) is 11.3 Å². The van der Waals surface area contributed by atoms with E-state index in [1.165, 1.54) is 27.9 Å². The van der Waals surface area contributed by atoms with Crippen LogP contribution in [0, 0.1) is 6.92 Å². The minimum atomic E-state index is -0.260. The summed E-state index contributed by atoms with van der Waals surface area (Å²) in [4.78, 5) is 29.5. The number of nitrogens with zero attached hydrogens (tertiary/aromatic N) is 2. The molecule has 30 heavy (non-hydrogen) atoms. The Kier molecular flexibility index (Phi) is 5.72. The summed E-state index contributed by atoms with van der Waals surface area (Å²) in [5, 5.41) is 4.66.